The SMILES string of the molecule is CC1CCN(C(=O)C2CCCC2N)C1C. The van der Waals surface area contributed by atoms with E-state index in [-0.39, 0.29) is 12.0 Å². The number of nitrogens with two attached hydrogens (primary N) is 1. The number of carbonyl (C=O) groups is 1. The molecule has 1 amide bonds. The van der Waals surface area contributed by atoms with Crippen molar-refractivity contribution in [1.29, 1.82) is 0 Å². The van der Waals surface area contributed by atoms with Gasteiger partial charge in [-0.1, -0.05) is 13.3 Å². The summed E-state index contributed by atoms with van der Waals surface area (Å²) in [5.74, 6) is 1.07. The van der Waals surface area contributed by atoms with E-state index in [1.807, 2.05) is 0 Å². The maximum atomic E-state index is 12.3. The maximum absolute atomic E-state index is 12.3. The standard InChI is InChI=1S/C12H22N2O/c1-8-6-7-14(9(8)2)12(15)10-4-3-5-11(10)13/h8-11H,3-7,13H2,1-2H3. The smallest absolute Gasteiger partial charge is 0.227 e. The summed E-state index contributed by atoms with van der Waals surface area (Å²) in [7, 11) is 0. The summed E-state index contributed by atoms with van der Waals surface area (Å²) in [4.78, 5) is 14.3. The Morgan fingerprint density at radius 3 is 2.47 bits per heavy atom. The van der Waals surface area contributed by atoms with Gasteiger partial charge in [0.2, 0.25) is 5.91 Å². The second-order valence-corrected chi connectivity index (χ2v) is 5.24. The first-order valence-corrected chi connectivity index (χ1v) is 6.17. The molecule has 2 aliphatic rings. The third-order valence-corrected chi connectivity index (χ3v) is 4.31. The molecule has 0 aromatic heterocycles. The van der Waals surface area contributed by atoms with Crippen molar-refractivity contribution in [2.45, 2.75) is 51.6 Å². The van der Waals surface area contributed by atoms with Gasteiger partial charge in [0.05, 0.1) is 5.92 Å². The zero-order valence-corrected chi connectivity index (χ0v) is 9.78. The number of hydrogen-bond donors (Lipinski definition) is 1. The maximum Gasteiger partial charge on any atom is 0.227 e. The van der Waals surface area contributed by atoms with Gasteiger partial charge in [0.1, 0.15) is 0 Å². The minimum atomic E-state index is 0.109. The Hall–Kier alpha value is -0.570. The minimum absolute atomic E-state index is 0.109. The highest BCUT2D eigenvalue weighted by Crippen LogP contribution is 2.30. The van der Waals surface area contributed by atoms with Gasteiger partial charge in [-0.05, 0) is 32.1 Å². The first-order chi connectivity index (χ1) is 7.11. The fourth-order valence-electron chi connectivity index (χ4n) is 2.91. The fraction of sp³-hybridized carbons (Fsp3) is 0.917. The molecule has 1 aliphatic carbocycles. The average Bonchev–Trinajstić information content (AvgIpc) is 2.75. The predicted molar refractivity (Wildman–Crippen MR) is 60.3 cm³/mol. The molecule has 1 saturated carbocycles. The second-order valence-electron chi connectivity index (χ2n) is 5.24. The lowest BCUT2D eigenvalue weighted by atomic mass is 10.0. The third kappa shape index (κ3) is 1.89. The summed E-state index contributed by atoms with van der Waals surface area (Å²) in [6.07, 6.45) is 4.29. The quantitative estimate of drug-likeness (QED) is 0.710. The summed E-state index contributed by atoms with van der Waals surface area (Å²) in [5.41, 5.74) is 5.98. The van der Waals surface area contributed by atoms with Crippen molar-refractivity contribution >= 4 is 5.91 Å². The van der Waals surface area contributed by atoms with Crippen LogP contribution in [-0.4, -0.2) is 29.4 Å². The van der Waals surface area contributed by atoms with Crippen LogP contribution in [0, 0.1) is 11.8 Å². The first kappa shape index (κ1) is 10.9. The third-order valence-electron chi connectivity index (χ3n) is 4.31. The topological polar surface area (TPSA) is 46.3 Å². The van der Waals surface area contributed by atoms with Crippen LogP contribution in [0.3, 0.4) is 0 Å². The highest BCUT2D eigenvalue weighted by atomic mass is 16.2. The van der Waals surface area contributed by atoms with E-state index in [0.29, 0.717) is 17.9 Å². The van der Waals surface area contributed by atoms with E-state index in [2.05, 4.69) is 18.7 Å². The largest absolute Gasteiger partial charge is 0.339 e. The number of nitrogens with zero attached hydrogens (tertiary/aromatic N) is 1. The Morgan fingerprint density at radius 2 is 2.00 bits per heavy atom. The molecule has 0 bridgehead atoms. The van der Waals surface area contributed by atoms with Crippen LogP contribution in [0.1, 0.15) is 39.5 Å². The van der Waals surface area contributed by atoms with Gasteiger partial charge in [-0.15, -0.1) is 0 Å². The second kappa shape index (κ2) is 4.12. The van der Waals surface area contributed by atoms with Crippen LogP contribution in [0.2, 0.25) is 0 Å². The van der Waals surface area contributed by atoms with E-state index in [0.717, 1.165) is 32.2 Å². The molecule has 3 heteroatoms. The van der Waals surface area contributed by atoms with Crippen LogP contribution >= 0.6 is 0 Å². The molecule has 0 aromatic rings. The Bertz CT molecular complexity index is 254. The lowest BCUT2D eigenvalue weighted by Gasteiger charge is -2.27. The van der Waals surface area contributed by atoms with E-state index in [1.54, 1.807) is 0 Å². The number of likely N-dealkylation sites (tertiary alicyclic amines) is 1. The molecule has 2 fully saturated rings. The van der Waals surface area contributed by atoms with Crippen LogP contribution in [0.15, 0.2) is 0 Å². The molecule has 3 nitrogen and oxygen atoms in total. The van der Waals surface area contributed by atoms with E-state index in [9.17, 15) is 4.79 Å². The number of carbonyl (C=O) groups excluding carboxylic acids is 1. The van der Waals surface area contributed by atoms with Crippen molar-refractivity contribution in [3.05, 3.63) is 0 Å². The van der Waals surface area contributed by atoms with Gasteiger partial charge < -0.3 is 10.6 Å². The molecular weight excluding hydrogens is 188 g/mol. The fourth-order valence-corrected chi connectivity index (χ4v) is 2.91. The molecular formula is C12H22N2O. The van der Waals surface area contributed by atoms with Crippen molar-refractivity contribution in [3.63, 3.8) is 0 Å². The molecule has 0 radical (unpaired) electrons. The molecule has 86 valence electrons. The number of rotatable bonds is 1. The van der Waals surface area contributed by atoms with E-state index in [4.69, 9.17) is 5.73 Å². The highest BCUT2D eigenvalue weighted by Gasteiger charge is 2.38. The predicted octanol–water partition coefficient (Wildman–Crippen LogP) is 1.37. The summed E-state index contributed by atoms with van der Waals surface area (Å²) in [5, 5.41) is 0. The Balaban J connectivity index is 2.01. The van der Waals surface area contributed by atoms with Crippen molar-refractivity contribution in [3.8, 4) is 0 Å². The van der Waals surface area contributed by atoms with Crippen molar-refractivity contribution in [1.82, 2.24) is 4.90 Å². The minimum Gasteiger partial charge on any atom is -0.339 e. The van der Waals surface area contributed by atoms with E-state index in [1.165, 1.54) is 0 Å². The summed E-state index contributed by atoms with van der Waals surface area (Å²) >= 11 is 0. The molecule has 0 aromatic carbocycles. The van der Waals surface area contributed by atoms with Crippen LogP contribution in [0.25, 0.3) is 0 Å². The van der Waals surface area contributed by atoms with Crippen LogP contribution in [0.5, 0.6) is 0 Å². The lowest BCUT2D eigenvalue weighted by molar-refractivity contribution is -0.136. The molecule has 1 aliphatic heterocycles. The molecule has 0 spiro atoms. The summed E-state index contributed by atoms with van der Waals surface area (Å²) in [6.45, 7) is 5.33. The van der Waals surface area contributed by atoms with Gasteiger partial charge in [0.25, 0.3) is 0 Å². The molecule has 1 saturated heterocycles. The molecule has 4 unspecified atom stereocenters. The summed E-state index contributed by atoms with van der Waals surface area (Å²) in [6, 6.07) is 0.519. The zero-order chi connectivity index (χ0) is 11.0. The monoisotopic (exact) mass is 210 g/mol. The van der Waals surface area contributed by atoms with Crippen LogP contribution < -0.4 is 5.73 Å². The van der Waals surface area contributed by atoms with Crippen LogP contribution in [-0.2, 0) is 4.79 Å². The van der Waals surface area contributed by atoms with Crippen LogP contribution in [0.4, 0.5) is 0 Å². The van der Waals surface area contributed by atoms with Gasteiger partial charge in [-0.25, -0.2) is 0 Å². The van der Waals surface area contributed by atoms with Crippen molar-refractivity contribution in [2.24, 2.45) is 17.6 Å². The molecule has 2 N–H and O–H groups in total. The van der Waals surface area contributed by atoms with Gasteiger partial charge in [-0.3, -0.25) is 4.79 Å². The van der Waals surface area contributed by atoms with E-state index >= 15 is 0 Å². The highest BCUT2D eigenvalue weighted by molar-refractivity contribution is 5.80. The van der Waals surface area contributed by atoms with Gasteiger partial charge in [-0.2, -0.15) is 0 Å². The van der Waals surface area contributed by atoms with Gasteiger partial charge in [0, 0.05) is 18.6 Å². The molecule has 15 heavy (non-hydrogen) atoms. The molecule has 2 rings (SSSR count). The number of hydrogen-bond acceptors (Lipinski definition) is 2. The van der Waals surface area contributed by atoms with Gasteiger partial charge >= 0.3 is 0 Å². The number of amides is 1. The van der Waals surface area contributed by atoms with Gasteiger partial charge in [0.15, 0.2) is 0 Å². The van der Waals surface area contributed by atoms with E-state index < -0.39 is 0 Å². The Morgan fingerprint density at radius 1 is 1.27 bits per heavy atom. The Labute approximate surface area is 92.0 Å². The molecule has 4 atom stereocenters. The first-order valence-electron chi connectivity index (χ1n) is 6.17. The van der Waals surface area contributed by atoms with Crippen molar-refractivity contribution in [2.75, 3.05) is 6.54 Å². The molecule has 1 heterocycles. The summed E-state index contributed by atoms with van der Waals surface area (Å²) < 4.78 is 0. The zero-order valence-electron chi connectivity index (χ0n) is 9.78. The Kier molecular flexibility index (Phi) is 3.01. The lowest BCUT2D eigenvalue weighted by Crippen LogP contribution is -2.43. The average molecular weight is 210 g/mol. The van der Waals surface area contributed by atoms with Crippen molar-refractivity contribution < 1.29 is 4.79 Å². The normalized spacial score (nSPS) is 41.1.